The molecule has 5 heteroatoms. The lowest BCUT2D eigenvalue weighted by Crippen LogP contribution is -2.61. The van der Waals surface area contributed by atoms with Gasteiger partial charge < -0.3 is 0 Å². The van der Waals surface area contributed by atoms with E-state index in [-0.39, 0.29) is 0 Å². The van der Waals surface area contributed by atoms with Crippen LogP contribution >= 0.6 is 0 Å². The minimum atomic E-state index is -0.488. The number of pyridine rings is 1. The third-order valence-electron chi connectivity index (χ3n) is 6.60. The molecular formula is C19H27N3O2. The van der Waals surface area contributed by atoms with Gasteiger partial charge in [-0.1, -0.05) is 19.3 Å². The second-order valence-corrected chi connectivity index (χ2v) is 8.35. The van der Waals surface area contributed by atoms with Crippen molar-refractivity contribution in [3.05, 3.63) is 29.1 Å². The molecule has 5 nitrogen and oxygen atoms in total. The summed E-state index contributed by atoms with van der Waals surface area (Å²) in [6.07, 6.45) is 12.3. The Balaban J connectivity index is 1.46. The highest BCUT2D eigenvalue weighted by Crippen LogP contribution is 2.59. The molecule has 130 valence electrons. The number of hydroxylamine groups is 1. The molecule has 2 heterocycles. The maximum Gasteiger partial charge on any atom is 0.276 e. The van der Waals surface area contributed by atoms with Gasteiger partial charge in [0.25, 0.3) is 5.91 Å². The van der Waals surface area contributed by atoms with Crippen molar-refractivity contribution in [1.82, 2.24) is 15.4 Å². The summed E-state index contributed by atoms with van der Waals surface area (Å²) in [4.78, 5) is 18.6. The minimum Gasteiger partial charge on any atom is -0.292 e. The van der Waals surface area contributed by atoms with Gasteiger partial charge in [0.05, 0.1) is 11.3 Å². The highest BCUT2D eigenvalue weighted by Gasteiger charge is 2.54. The monoisotopic (exact) mass is 329 g/mol. The molecule has 3 aliphatic rings. The van der Waals surface area contributed by atoms with Gasteiger partial charge in [-0.3, -0.25) is 19.9 Å². The van der Waals surface area contributed by atoms with E-state index in [1.54, 1.807) is 11.7 Å². The number of nitrogens with one attached hydrogen (secondary N) is 1. The fourth-order valence-electron chi connectivity index (χ4n) is 5.51. The lowest BCUT2D eigenvalue weighted by Gasteiger charge is -2.61. The minimum absolute atomic E-state index is 0.317. The van der Waals surface area contributed by atoms with Crippen molar-refractivity contribution in [2.75, 3.05) is 6.54 Å². The molecule has 2 saturated carbocycles. The predicted molar refractivity (Wildman–Crippen MR) is 90.8 cm³/mol. The Labute approximate surface area is 143 Å². The Morgan fingerprint density at radius 3 is 2.75 bits per heavy atom. The van der Waals surface area contributed by atoms with E-state index >= 15 is 0 Å². The first-order valence-corrected chi connectivity index (χ1v) is 9.21. The summed E-state index contributed by atoms with van der Waals surface area (Å²) >= 11 is 0. The highest BCUT2D eigenvalue weighted by molar-refractivity contribution is 5.93. The van der Waals surface area contributed by atoms with Crippen molar-refractivity contribution in [3.8, 4) is 0 Å². The van der Waals surface area contributed by atoms with Gasteiger partial charge in [-0.25, -0.2) is 5.48 Å². The Morgan fingerprint density at radius 1 is 1.29 bits per heavy atom. The summed E-state index contributed by atoms with van der Waals surface area (Å²) in [6, 6.07) is 1.87. The molecule has 0 saturated heterocycles. The standard InChI is InChI=1S/C19H27N3O2/c1-18(12-19(13-18)6-3-2-4-7-19)22-8-5-14-9-15(17(23)21-24)10-20-16(14)11-22/h9-10,24H,2-8,11-13H2,1H3,(H,21,23). The van der Waals surface area contributed by atoms with E-state index in [4.69, 9.17) is 5.21 Å². The fraction of sp³-hybridized carbons (Fsp3) is 0.684. The van der Waals surface area contributed by atoms with E-state index in [0.29, 0.717) is 16.5 Å². The number of rotatable bonds is 2. The number of aromatic nitrogens is 1. The predicted octanol–water partition coefficient (Wildman–Crippen LogP) is 3.06. The van der Waals surface area contributed by atoms with Gasteiger partial charge in [0.2, 0.25) is 0 Å². The number of carbonyl (C=O) groups is 1. The van der Waals surface area contributed by atoms with Gasteiger partial charge in [0.1, 0.15) is 0 Å². The van der Waals surface area contributed by atoms with E-state index in [1.165, 1.54) is 44.9 Å². The van der Waals surface area contributed by atoms with E-state index in [2.05, 4.69) is 16.8 Å². The molecule has 2 aliphatic carbocycles. The van der Waals surface area contributed by atoms with E-state index in [0.717, 1.165) is 30.8 Å². The van der Waals surface area contributed by atoms with Crippen LogP contribution in [0.1, 0.15) is 73.5 Å². The van der Waals surface area contributed by atoms with Gasteiger partial charge in [-0.05, 0) is 56.1 Å². The van der Waals surface area contributed by atoms with Crippen molar-refractivity contribution >= 4 is 5.91 Å². The van der Waals surface area contributed by atoms with Crippen LogP contribution in [0, 0.1) is 5.41 Å². The van der Waals surface area contributed by atoms with Crippen LogP contribution in [-0.2, 0) is 13.0 Å². The first kappa shape index (κ1) is 16.0. The Bertz CT molecular complexity index is 644. The molecule has 0 unspecified atom stereocenters. The number of nitrogens with zero attached hydrogens (tertiary/aromatic N) is 2. The zero-order valence-corrected chi connectivity index (χ0v) is 14.5. The Morgan fingerprint density at radius 2 is 2.04 bits per heavy atom. The molecule has 24 heavy (non-hydrogen) atoms. The molecule has 0 aromatic carbocycles. The molecule has 1 aromatic rings. The molecule has 1 amide bonds. The molecular weight excluding hydrogens is 302 g/mol. The second kappa shape index (κ2) is 5.81. The number of carbonyl (C=O) groups excluding carboxylic acids is 1. The molecule has 2 fully saturated rings. The smallest absolute Gasteiger partial charge is 0.276 e. The topological polar surface area (TPSA) is 65.5 Å². The fourth-order valence-corrected chi connectivity index (χ4v) is 5.51. The molecule has 1 aromatic heterocycles. The van der Waals surface area contributed by atoms with Crippen LogP contribution < -0.4 is 5.48 Å². The first-order chi connectivity index (χ1) is 11.5. The van der Waals surface area contributed by atoms with Crippen LogP contribution in [0.25, 0.3) is 0 Å². The maximum atomic E-state index is 11.5. The van der Waals surface area contributed by atoms with Gasteiger partial charge in [-0.2, -0.15) is 0 Å². The molecule has 0 bridgehead atoms. The highest BCUT2D eigenvalue weighted by atomic mass is 16.5. The van der Waals surface area contributed by atoms with Crippen molar-refractivity contribution < 1.29 is 10.0 Å². The van der Waals surface area contributed by atoms with Crippen LogP contribution in [0.4, 0.5) is 0 Å². The lowest BCUT2D eigenvalue weighted by atomic mass is 9.52. The van der Waals surface area contributed by atoms with Gasteiger partial charge in [0.15, 0.2) is 0 Å². The summed E-state index contributed by atoms with van der Waals surface area (Å²) < 4.78 is 0. The Hall–Kier alpha value is -1.46. The van der Waals surface area contributed by atoms with Crippen LogP contribution in [0.3, 0.4) is 0 Å². The summed E-state index contributed by atoms with van der Waals surface area (Å²) in [5.41, 5.74) is 5.29. The molecule has 0 atom stereocenters. The lowest BCUT2D eigenvalue weighted by molar-refractivity contribution is -0.0985. The van der Waals surface area contributed by atoms with Crippen LogP contribution in [0.5, 0.6) is 0 Å². The normalized spacial score (nSPS) is 24.9. The molecule has 1 aliphatic heterocycles. The summed E-state index contributed by atoms with van der Waals surface area (Å²) in [5.74, 6) is -0.488. The molecule has 4 rings (SSSR count). The van der Waals surface area contributed by atoms with Crippen molar-refractivity contribution in [1.29, 1.82) is 0 Å². The average molecular weight is 329 g/mol. The van der Waals surface area contributed by atoms with E-state index < -0.39 is 5.91 Å². The van der Waals surface area contributed by atoms with Crippen molar-refractivity contribution in [3.63, 3.8) is 0 Å². The number of hydrogen-bond acceptors (Lipinski definition) is 4. The zero-order valence-electron chi connectivity index (χ0n) is 14.5. The zero-order chi connectivity index (χ0) is 16.8. The van der Waals surface area contributed by atoms with Gasteiger partial charge in [0, 0.05) is 24.8 Å². The van der Waals surface area contributed by atoms with Crippen LogP contribution in [-0.4, -0.2) is 33.1 Å². The largest absolute Gasteiger partial charge is 0.292 e. The van der Waals surface area contributed by atoms with Crippen LogP contribution in [0.2, 0.25) is 0 Å². The maximum absolute atomic E-state index is 11.5. The van der Waals surface area contributed by atoms with Gasteiger partial charge in [-0.15, -0.1) is 0 Å². The quantitative estimate of drug-likeness (QED) is 0.646. The summed E-state index contributed by atoms with van der Waals surface area (Å²) in [5, 5.41) is 8.77. The number of amides is 1. The van der Waals surface area contributed by atoms with Crippen LogP contribution in [0.15, 0.2) is 12.3 Å². The van der Waals surface area contributed by atoms with Gasteiger partial charge >= 0.3 is 0 Å². The molecule has 1 spiro atoms. The van der Waals surface area contributed by atoms with E-state index in [9.17, 15) is 4.79 Å². The molecule has 2 N–H and O–H groups in total. The Kier molecular flexibility index (Phi) is 3.88. The average Bonchev–Trinajstić information content (AvgIpc) is 2.59. The van der Waals surface area contributed by atoms with Crippen molar-refractivity contribution in [2.24, 2.45) is 5.41 Å². The third-order valence-corrected chi connectivity index (χ3v) is 6.60. The second-order valence-electron chi connectivity index (χ2n) is 8.35. The first-order valence-electron chi connectivity index (χ1n) is 9.21. The SMILES string of the molecule is CC1(N2CCc3cc(C(=O)NO)cnc3C2)CC2(CCCCC2)C1. The summed E-state index contributed by atoms with van der Waals surface area (Å²) in [6.45, 7) is 4.33. The van der Waals surface area contributed by atoms with Crippen molar-refractivity contribution in [2.45, 2.75) is 70.4 Å². The number of hydrogen-bond donors (Lipinski definition) is 2. The third kappa shape index (κ3) is 2.64. The van der Waals surface area contributed by atoms with E-state index in [1.807, 2.05) is 6.07 Å². The summed E-state index contributed by atoms with van der Waals surface area (Å²) in [7, 11) is 0. The number of fused-ring (bicyclic) bond motifs is 1. The molecule has 0 radical (unpaired) electrons.